The first-order valence-electron chi connectivity index (χ1n) is 8.84. The van der Waals surface area contributed by atoms with Crippen LogP contribution in [0.1, 0.15) is 45.8 Å². The maximum absolute atomic E-state index is 12.3. The fraction of sp³-hybridized carbons (Fsp3) is 0.286. The second kappa shape index (κ2) is 7.38. The van der Waals surface area contributed by atoms with Gasteiger partial charge in [0, 0.05) is 12.0 Å². The van der Waals surface area contributed by atoms with E-state index in [0.717, 1.165) is 34.5 Å². The van der Waals surface area contributed by atoms with Gasteiger partial charge in [0.25, 0.3) is 0 Å². The number of hydrogen-bond donors (Lipinski definition) is 0. The Bertz CT molecular complexity index is 943. The zero-order valence-electron chi connectivity index (χ0n) is 14.4. The summed E-state index contributed by atoms with van der Waals surface area (Å²) in [5.41, 5.74) is 4.23. The number of carbonyl (C=O) groups is 2. The Kier molecular flexibility index (Phi) is 4.80. The number of benzene rings is 2. The molecule has 0 N–H and O–H groups in total. The van der Waals surface area contributed by atoms with Gasteiger partial charge in [0.15, 0.2) is 5.78 Å². The van der Waals surface area contributed by atoms with E-state index in [0.29, 0.717) is 5.56 Å². The predicted octanol–water partition coefficient (Wildman–Crippen LogP) is 4.49. The van der Waals surface area contributed by atoms with E-state index < -0.39 is 0 Å². The molecule has 4 nitrogen and oxygen atoms in total. The molecule has 1 aliphatic rings. The van der Waals surface area contributed by atoms with Crippen LogP contribution in [0.25, 0.3) is 10.2 Å². The molecule has 0 unspecified atom stereocenters. The summed E-state index contributed by atoms with van der Waals surface area (Å²) >= 11 is 1.52. The zero-order chi connectivity index (χ0) is 17.9. The smallest absolute Gasteiger partial charge is 0.306 e. The van der Waals surface area contributed by atoms with Crippen LogP contribution in [0.4, 0.5) is 0 Å². The van der Waals surface area contributed by atoms with Crippen molar-refractivity contribution in [3.05, 3.63) is 64.2 Å². The van der Waals surface area contributed by atoms with Gasteiger partial charge in [-0.1, -0.05) is 24.3 Å². The third-order valence-electron chi connectivity index (χ3n) is 4.67. The molecule has 26 heavy (non-hydrogen) atoms. The fourth-order valence-electron chi connectivity index (χ4n) is 3.30. The van der Waals surface area contributed by atoms with Gasteiger partial charge < -0.3 is 4.74 Å². The monoisotopic (exact) mass is 365 g/mol. The third kappa shape index (κ3) is 3.68. The van der Waals surface area contributed by atoms with Crippen LogP contribution in [0.15, 0.2) is 42.5 Å². The van der Waals surface area contributed by atoms with Crippen LogP contribution < -0.4 is 0 Å². The Hall–Kier alpha value is -2.53. The van der Waals surface area contributed by atoms with E-state index in [2.05, 4.69) is 4.98 Å². The fourth-order valence-corrected chi connectivity index (χ4v) is 4.18. The first-order valence-corrected chi connectivity index (χ1v) is 9.66. The Labute approximate surface area is 155 Å². The van der Waals surface area contributed by atoms with Gasteiger partial charge in [0.2, 0.25) is 0 Å². The highest BCUT2D eigenvalue weighted by Crippen LogP contribution is 2.24. The average molecular weight is 365 g/mol. The van der Waals surface area contributed by atoms with Crippen LogP contribution in [-0.2, 0) is 29.0 Å². The normalized spacial score (nSPS) is 12.9. The highest BCUT2D eigenvalue weighted by Gasteiger charge is 2.15. The summed E-state index contributed by atoms with van der Waals surface area (Å²) < 4.78 is 6.35. The number of fused-ring (bicyclic) bond motifs is 2. The second-order valence-electron chi connectivity index (χ2n) is 6.50. The molecule has 0 amide bonds. The predicted molar refractivity (Wildman–Crippen MR) is 101 cm³/mol. The molecule has 0 aliphatic heterocycles. The minimum absolute atomic E-state index is 0.00311. The molecular weight excluding hydrogens is 346 g/mol. The van der Waals surface area contributed by atoms with Gasteiger partial charge in [0.05, 0.1) is 16.6 Å². The number of rotatable bonds is 6. The molecule has 1 heterocycles. The first-order chi connectivity index (χ1) is 12.7. The largest absolute Gasteiger partial charge is 0.458 e. The van der Waals surface area contributed by atoms with Gasteiger partial charge in [-0.2, -0.15) is 0 Å². The number of para-hydroxylation sites is 1. The molecule has 1 aromatic heterocycles. The number of carbonyl (C=O) groups excluding carboxylic acids is 2. The van der Waals surface area contributed by atoms with E-state index in [1.807, 2.05) is 42.5 Å². The van der Waals surface area contributed by atoms with E-state index in [1.165, 1.54) is 22.5 Å². The van der Waals surface area contributed by atoms with E-state index in [4.69, 9.17) is 4.74 Å². The van der Waals surface area contributed by atoms with Crippen LogP contribution in [0, 0.1) is 0 Å². The van der Waals surface area contributed by atoms with Gasteiger partial charge in [-0.25, -0.2) is 4.98 Å². The lowest BCUT2D eigenvalue weighted by Gasteiger charge is -2.05. The van der Waals surface area contributed by atoms with Crippen molar-refractivity contribution in [2.45, 2.75) is 38.7 Å². The number of hydrogen-bond acceptors (Lipinski definition) is 5. The third-order valence-corrected chi connectivity index (χ3v) is 5.68. The van der Waals surface area contributed by atoms with E-state index in [-0.39, 0.29) is 31.2 Å². The van der Waals surface area contributed by atoms with Gasteiger partial charge in [0.1, 0.15) is 11.6 Å². The SMILES string of the molecule is O=C(CCC(=O)c1ccc2c(c1)CCC2)OCc1nc2ccccc2s1. The van der Waals surface area contributed by atoms with Crippen LogP contribution in [0.2, 0.25) is 0 Å². The topological polar surface area (TPSA) is 56.3 Å². The molecule has 3 aromatic rings. The summed E-state index contributed by atoms with van der Waals surface area (Å²) in [5.74, 6) is -0.365. The lowest BCUT2D eigenvalue weighted by atomic mass is 10.0. The van der Waals surface area contributed by atoms with Crippen molar-refractivity contribution in [2.75, 3.05) is 0 Å². The number of Topliss-reactive ketones (excluding diaryl/α,β-unsaturated/α-hetero) is 1. The highest BCUT2D eigenvalue weighted by atomic mass is 32.1. The molecule has 0 atom stereocenters. The lowest BCUT2D eigenvalue weighted by Crippen LogP contribution is -2.08. The molecule has 0 saturated heterocycles. The Morgan fingerprint density at radius 3 is 2.77 bits per heavy atom. The molecule has 4 rings (SSSR count). The van der Waals surface area contributed by atoms with Gasteiger partial charge >= 0.3 is 5.97 Å². The second-order valence-corrected chi connectivity index (χ2v) is 7.61. The van der Waals surface area contributed by atoms with Crippen LogP contribution in [-0.4, -0.2) is 16.7 Å². The molecular formula is C21H19NO3S. The number of ether oxygens (including phenoxy) is 1. The lowest BCUT2D eigenvalue weighted by molar-refractivity contribution is -0.144. The molecule has 0 saturated carbocycles. The van der Waals surface area contributed by atoms with Crippen molar-refractivity contribution in [2.24, 2.45) is 0 Å². The standard InChI is InChI=1S/C21H19NO3S/c23-18(16-9-8-14-4-3-5-15(14)12-16)10-11-21(24)25-13-20-22-17-6-1-2-7-19(17)26-20/h1-2,6-9,12H,3-5,10-11,13H2. The zero-order valence-corrected chi connectivity index (χ0v) is 15.2. The number of thiazole rings is 1. The van der Waals surface area contributed by atoms with Crippen LogP contribution in [0.3, 0.4) is 0 Å². The molecule has 0 bridgehead atoms. The molecule has 5 heteroatoms. The number of aromatic nitrogens is 1. The summed E-state index contributed by atoms with van der Waals surface area (Å²) in [5, 5.41) is 0.768. The van der Waals surface area contributed by atoms with E-state index >= 15 is 0 Å². The summed E-state index contributed by atoms with van der Waals surface area (Å²) in [6.45, 7) is 0.158. The van der Waals surface area contributed by atoms with Crippen molar-refractivity contribution in [3.8, 4) is 0 Å². The van der Waals surface area contributed by atoms with E-state index in [1.54, 1.807) is 0 Å². The van der Waals surface area contributed by atoms with Gasteiger partial charge in [-0.3, -0.25) is 9.59 Å². The van der Waals surface area contributed by atoms with Crippen molar-refractivity contribution < 1.29 is 14.3 Å². The van der Waals surface area contributed by atoms with Crippen molar-refractivity contribution in [1.29, 1.82) is 0 Å². The Morgan fingerprint density at radius 1 is 1.04 bits per heavy atom. The number of esters is 1. The van der Waals surface area contributed by atoms with Gasteiger partial charge in [-0.05, 0) is 48.6 Å². The minimum atomic E-state index is -0.362. The summed E-state index contributed by atoms with van der Waals surface area (Å²) in [7, 11) is 0. The maximum Gasteiger partial charge on any atom is 0.306 e. The van der Waals surface area contributed by atoms with Gasteiger partial charge in [-0.15, -0.1) is 11.3 Å². The first kappa shape index (κ1) is 16.9. The molecule has 2 aromatic carbocycles. The van der Waals surface area contributed by atoms with E-state index in [9.17, 15) is 9.59 Å². The Balaban J connectivity index is 1.29. The van der Waals surface area contributed by atoms with Crippen molar-refractivity contribution in [3.63, 3.8) is 0 Å². The minimum Gasteiger partial charge on any atom is -0.458 e. The Morgan fingerprint density at radius 2 is 1.88 bits per heavy atom. The van der Waals surface area contributed by atoms with Crippen molar-refractivity contribution >= 4 is 33.3 Å². The number of ketones is 1. The van der Waals surface area contributed by atoms with Crippen LogP contribution >= 0.6 is 11.3 Å². The summed E-state index contributed by atoms with van der Waals surface area (Å²) in [6.07, 6.45) is 3.58. The molecule has 0 radical (unpaired) electrons. The maximum atomic E-state index is 12.3. The number of aryl methyl sites for hydroxylation is 2. The molecule has 0 spiro atoms. The summed E-state index contributed by atoms with van der Waals surface area (Å²) in [4.78, 5) is 28.7. The molecule has 132 valence electrons. The number of nitrogens with zero attached hydrogens (tertiary/aromatic N) is 1. The molecule has 1 aliphatic carbocycles. The highest BCUT2D eigenvalue weighted by molar-refractivity contribution is 7.18. The van der Waals surface area contributed by atoms with Crippen LogP contribution in [0.5, 0.6) is 0 Å². The molecule has 0 fully saturated rings. The average Bonchev–Trinajstić information content (AvgIpc) is 3.29. The van der Waals surface area contributed by atoms with Crippen molar-refractivity contribution in [1.82, 2.24) is 4.98 Å². The quantitative estimate of drug-likeness (QED) is 0.477. The summed E-state index contributed by atoms with van der Waals surface area (Å²) in [6, 6.07) is 13.7.